The number of primary amides is 1. The molecule has 318 valence electrons. The zero-order chi connectivity index (χ0) is 41.8. The predicted molar refractivity (Wildman–Crippen MR) is 217 cm³/mol. The number of aryl methyl sites for hydroxylation is 1. The highest BCUT2D eigenvalue weighted by atomic mass is 19.4. The molecular weight excluding hydrogens is 752 g/mol. The van der Waals surface area contributed by atoms with Gasteiger partial charge in [0.05, 0.1) is 30.3 Å². The quantitative estimate of drug-likeness (QED) is 0.156. The number of amides is 2. The van der Waals surface area contributed by atoms with Gasteiger partial charge in [0, 0.05) is 55.2 Å². The van der Waals surface area contributed by atoms with E-state index in [0.717, 1.165) is 108 Å². The molecule has 1 aliphatic carbocycles. The van der Waals surface area contributed by atoms with Crippen LogP contribution in [0.4, 0.5) is 23.8 Å². The van der Waals surface area contributed by atoms with Gasteiger partial charge in [-0.1, -0.05) is 0 Å². The highest BCUT2D eigenvalue weighted by Gasteiger charge is 2.39. The van der Waals surface area contributed by atoms with Gasteiger partial charge in [-0.25, -0.2) is 14.8 Å². The third-order valence-electron chi connectivity index (χ3n) is 12.0. The standard InChI is InChI=1S/C43H60F3N7O5/c1-26(30-20-31(43(44,45)46)22-34(21-30)58-41(47)55)49-39-36-23-35(38(56-6)24-37(36)50-27(2)51-39)28-9-11-29(12-10-28)40(54)53-18-17-52(42(3,4)5)25-32(53)8-7-19-57-33-13-15-48-16-14-33/h20-24,26,28-29,32-33,48H,7-19,25H2,1-6H3,(H2,47,55)(H,49,50,51)/t26-,28?,29?,32?/m1/s1. The zero-order valence-corrected chi connectivity index (χ0v) is 34.7. The Balaban J connectivity index is 1.17. The van der Waals surface area contributed by atoms with Crippen LogP contribution in [0.3, 0.4) is 0 Å². The number of nitrogens with zero attached hydrogens (tertiary/aromatic N) is 4. The van der Waals surface area contributed by atoms with Gasteiger partial charge in [-0.05, 0) is 140 Å². The summed E-state index contributed by atoms with van der Waals surface area (Å²) in [6.07, 6.45) is 1.48. The third-order valence-corrected chi connectivity index (χ3v) is 12.0. The number of carbonyl (C=O) groups excluding carboxylic acids is 2. The summed E-state index contributed by atoms with van der Waals surface area (Å²) in [6.45, 7) is 15.3. The molecule has 1 unspecified atom stereocenters. The number of nitrogens with two attached hydrogens (primary N) is 1. The Kier molecular flexibility index (Phi) is 13.7. The number of rotatable bonds is 12. The van der Waals surface area contributed by atoms with Crippen molar-refractivity contribution in [2.24, 2.45) is 11.7 Å². The van der Waals surface area contributed by atoms with Crippen LogP contribution in [0.2, 0.25) is 0 Å². The minimum absolute atomic E-state index is 0.0237. The van der Waals surface area contributed by atoms with Gasteiger partial charge in [0.15, 0.2) is 0 Å². The summed E-state index contributed by atoms with van der Waals surface area (Å²) in [4.78, 5) is 39.7. The van der Waals surface area contributed by atoms with Crippen molar-refractivity contribution >= 4 is 28.7 Å². The maximum absolute atomic E-state index is 14.3. The number of anilines is 1. The molecule has 2 atom stereocenters. The van der Waals surface area contributed by atoms with E-state index in [0.29, 0.717) is 34.4 Å². The molecule has 0 spiro atoms. The third kappa shape index (κ3) is 10.7. The number of fused-ring (bicyclic) bond motifs is 1. The van der Waals surface area contributed by atoms with Crippen molar-refractivity contribution in [2.45, 2.75) is 122 Å². The molecule has 3 aliphatic rings. The molecule has 2 aliphatic heterocycles. The topological polar surface area (TPSA) is 144 Å². The molecule has 3 heterocycles. The highest BCUT2D eigenvalue weighted by molar-refractivity contribution is 5.91. The number of ether oxygens (including phenoxy) is 3. The first kappa shape index (κ1) is 43.4. The molecule has 4 N–H and O–H groups in total. The van der Waals surface area contributed by atoms with Crippen molar-refractivity contribution < 1.29 is 37.0 Å². The average Bonchev–Trinajstić information content (AvgIpc) is 3.18. The van der Waals surface area contributed by atoms with Crippen LogP contribution >= 0.6 is 0 Å². The fourth-order valence-corrected chi connectivity index (χ4v) is 8.81. The lowest BCUT2D eigenvalue weighted by atomic mass is 9.77. The number of nitrogens with one attached hydrogen (secondary N) is 2. The number of piperazine rings is 1. The number of alkyl halides is 3. The highest BCUT2D eigenvalue weighted by Crippen LogP contribution is 2.43. The van der Waals surface area contributed by atoms with Crippen LogP contribution in [-0.4, -0.2) is 95.9 Å². The first-order valence-electron chi connectivity index (χ1n) is 20.7. The van der Waals surface area contributed by atoms with E-state index in [4.69, 9.17) is 19.9 Å². The van der Waals surface area contributed by atoms with E-state index < -0.39 is 23.9 Å². The van der Waals surface area contributed by atoms with E-state index >= 15 is 0 Å². The maximum Gasteiger partial charge on any atom is 0.416 e. The van der Waals surface area contributed by atoms with Crippen molar-refractivity contribution in [1.29, 1.82) is 0 Å². The lowest BCUT2D eigenvalue weighted by molar-refractivity contribution is -0.143. The number of piperidine rings is 1. The Bertz CT molecular complexity index is 1910. The van der Waals surface area contributed by atoms with Crippen molar-refractivity contribution in [3.8, 4) is 11.5 Å². The number of carbonyl (C=O) groups is 2. The zero-order valence-electron chi connectivity index (χ0n) is 34.7. The summed E-state index contributed by atoms with van der Waals surface area (Å²) in [7, 11) is 1.63. The molecule has 1 aromatic heterocycles. The SMILES string of the molecule is COc1cc2nc(C)nc(N[C@H](C)c3cc(OC(N)=O)cc(C(F)(F)F)c3)c2cc1C1CCC(C(=O)N2CCN(C(C)(C)C)CC2CCCOC2CCNCC2)CC1. The number of hydrogen-bond acceptors (Lipinski definition) is 10. The van der Waals surface area contributed by atoms with Crippen LogP contribution < -0.4 is 25.8 Å². The molecule has 0 radical (unpaired) electrons. The number of hydrogen-bond donors (Lipinski definition) is 3. The minimum atomic E-state index is -4.68. The van der Waals surface area contributed by atoms with Gasteiger partial charge in [-0.3, -0.25) is 9.69 Å². The van der Waals surface area contributed by atoms with Crippen molar-refractivity contribution in [1.82, 2.24) is 25.1 Å². The van der Waals surface area contributed by atoms with E-state index in [9.17, 15) is 22.8 Å². The Labute approximate surface area is 339 Å². The average molecular weight is 812 g/mol. The van der Waals surface area contributed by atoms with Gasteiger partial charge in [-0.2, -0.15) is 13.2 Å². The molecule has 6 rings (SSSR count). The summed E-state index contributed by atoms with van der Waals surface area (Å²) in [6, 6.07) is 6.45. The fourth-order valence-electron chi connectivity index (χ4n) is 8.81. The Morgan fingerprint density at radius 1 is 1.00 bits per heavy atom. The van der Waals surface area contributed by atoms with E-state index in [1.807, 2.05) is 12.1 Å². The number of aromatic nitrogens is 2. The van der Waals surface area contributed by atoms with Crippen molar-refractivity contribution in [2.75, 3.05) is 51.8 Å². The summed E-state index contributed by atoms with van der Waals surface area (Å²) < 4.78 is 58.4. The first-order valence-corrected chi connectivity index (χ1v) is 20.7. The second-order valence-corrected chi connectivity index (χ2v) is 17.1. The molecular formula is C43H60F3N7O5. The second kappa shape index (κ2) is 18.4. The molecule has 2 saturated heterocycles. The van der Waals surface area contributed by atoms with Gasteiger partial charge in [0.25, 0.3) is 0 Å². The van der Waals surface area contributed by atoms with E-state index in [1.165, 1.54) is 6.07 Å². The van der Waals surface area contributed by atoms with Crippen LogP contribution in [0, 0.1) is 12.8 Å². The largest absolute Gasteiger partial charge is 0.496 e. The van der Waals surface area contributed by atoms with E-state index in [-0.39, 0.29) is 40.6 Å². The maximum atomic E-state index is 14.3. The summed E-state index contributed by atoms with van der Waals surface area (Å²) >= 11 is 0. The molecule has 58 heavy (non-hydrogen) atoms. The monoisotopic (exact) mass is 811 g/mol. The van der Waals surface area contributed by atoms with Gasteiger partial charge >= 0.3 is 12.3 Å². The smallest absolute Gasteiger partial charge is 0.416 e. The van der Waals surface area contributed by atoms with Gasteiger partial charge in [0.2, 0.25) is 5.91 Å². The van der Waals surface area contributed by atoms with Gasteiger partial charge in [0.1, 0.15) is 23.1 Å². The van der Waals surface area contributed by atoms with E-state index in [2.05, 4.69) is 51.2 Å². The van der Waals surface area contributed by atoms with Crippen LogP contribution in [-0.2, 0) is 15.7 Å². The van der Waals surface area contributed by atoms with Crippen molar-refractivity contribution in [3.63, 3.8) is 0 Å². The van der Waals surface area contributed by atoms with E-state index in [1.54, 1.807) is 21.0 Å². The number of methoxy groups -OCH3 is 1. The number of benzene rings is 2. The Morgan fingerprint density at radius 2 is 1.72 bits per heavy atom. The molecule has 3 fully saturated rings. The van der Waals surface area contributed by atoms with Crippen LogP contribution in [0.15, 0.2) is 30.3 Å². The molecule has 15 heteroatoms. The molecule has 12 nitrogen and oxygen atoms in total. The Hall–Kier alpha value is -4.21. The molecule has 0 bridgehead atoms. The van der Waals surface area contributed by atoms with Gasteiger partial charge < -0.3 is 35.5 Å². The van der Waals surface area contributed by atoms with Crippen LogP contribution in [0.25, 0.3) is 10.9 Å². The number of halogens is 3. The lowest BCUT2D eigenvalue weighted by Gasteiger charge is -2.48. The Morgan fingerprint density at radius 3 is 2.38 bits per heavy atom. The van der Waals surface area contributed by atoms with Crippen molar-refractivity contribution in [3.05, 3.63) is 52.8 Å². The molecule has 3 aromatic rings. The van der Waals surface area contributed by atoms with Crippen LogP contribution in [0.1, 0.15) is 114 Å². The fraction of sp³-hybridized carbons (Fsp3) is 0.628. The lowest BCUT2D eigenvalue weighted by Crippen LogP contribution is -2.60. The summed E-state index contributed by atoms with van der Waals surface area (Å²) in [5, 5.41) is 7.37. The minimum Gasteiger partial charge on any atom is -0.496 e. The summed E-state index contributed by atoms with van der Waals surface area (Å²) in [5.74, 6) is 1.61. The predicted octanol–water partition coefficient (Wildman–Crippen LogP) is 7.73. The second-order valence-electron chi connectivity index (χ2n) is 17.1. The molecule has 1 saturated carbocycles. The molecule has 2 amide bonds. The van der Waals surface area contributed by atoms with Gasteiger partial charge in [-0.15, -0.1) is 0 Å². The molecule has 2 aromatic carbocycles. The first-order chi connectivity index (χ1) is 27.5. The normalized spacial score (nSPS) is 21.8. The van der Waals surface area contributed by atoms with Crippen LogP contribution in [0.5, 0.6) is 11.5 Å². The summed E-state index contributed by atoms with van der Waals surface area (Å²) in [5.41, 5.74) is 5.99.